The summed E-state index contributed by atoms with van der Waals surface area (Å²) in [7, 11) is 0. The zero-order valence-corrected chi connectivity index (χ0v) is 8.25. The normalized spacial score (nSPS) is 9.12. The van der Waals surface area contributed by atoms with E-state index in [0.717, 1.165) is 0 Å². The Morgan fingerprint density at radius 1 is 0.750 bits per heavy atom. The van der Waals surface area contributed by atoms with Crippen LogP contribution >= 0.6 is 0 Å². The number of nitrogens with zero attached hydrogens (tertiary/aromatic N) is 4. The summed E-state index contributed by atoms with van der Waals surface area (Å²) in [4.78, 5) is 8.21. The first-order valence-corrected chi connectivity index (χ1v) is 4.56. The molecule has 2 aromatic heterocycles. The predicted octanol–water partition coefficient (Wildman–Crippen LogP) is 1.89. The molecule has 0 amide bonds. The molecular formula is C12H6N4. The fraction of sp³-hybridized carbons (Fsp3) is 0. The lowest BCUT2D eigenvalue weighted by atomic mass is 10.2. The van der Waals surface area contributed by atoms with Crippen LogP contribution in [0.2, 0.25) is 0 Å². The van der Waals surface area contributed by atoms with Crippen molar-refractivity contribution in [2.45, 2.75) is 0 Å². The Hall–Kier alpha value is -2.72. The largest absolute Gasteiger partial charge is 0.253 e. The predicted molar refractivity (Wildman–Crippen MR) is 56.9 cm³/mol. The topological polar surface area (TPSA) is 73.4 Å². The van der Waals surface area contributed by atoms with Gasteiger partial charge in [-0.2, -0.15) is 10.5 Å². The highest BCUT2D eigenvalue weighted by Crippen LogP contribution is 2.14. The molecule has 4 nitrogen and oxygen atoms in total. The lowest BCUT2D eigenvalue weighted by Gasteiger charge is -1.99. The van der Waals surface area contributed by atoms with Crippen molar-refractivity contribution in [2.75, 3.05) is 0 Å². The lowest BCUT2D eigenvalue weighted by Crippen LogP contribution is -1.88. The Kier molecular flexibility index (Phi) is 2.58. The Balaban J connectivity index is 2.36. The van der Waals surface area contributed by atoms with Crippen molar-refractivity contribution in [3.05, 3.63) is 47.8 Å². The van der Waals surface area contributed by atoms with Gasteiger partial charge in [-0.1, -0.05) is 0 Å². The fourth-order valence-corrected chi connectivity index (χ4v) is 1.22. The summed E-state index contributed by atoms with van der Waals surface area (Å²) in [6.45, 7) is 0. The molecule has 2 heterocycles. The smallest absolute Gasteiger partial charge is 0.101 e. The average molecular weight is 206 g/mol. The fourth-order valence-electron chi connectivity index (χ4n) is 1.22. The third kappa shape index (κ3) is 1.87. The standard InChI is InChI=1S/C12H6N4/c13-5-9-1-3-11(15-7-9)12-4-2-10(6-14)8-16-12/h1-4,7-8H. The lowest BCUT2D eigenvalue weighted by molar-refractivity contribution is 1.23. The summed E-state index contributed by atoms with van der Waals surface area (Å²) in [6.07, 6.45) is 2.99. The molecule has 0 saturated heterocycles. The molecule has 0 aliphatic heterocycles. The van der Waals surface area contributed by atoms with Crippen LogP contribution in [-0.4, -0.2) is 9.97 Å². The van der Waals surface area contributed by atoms with Crippen LogP contribution in [0.5, 0.6) is 0 Å². The van der Waals surface area contributed by atoms with E-state index >= 15 is 0 Å². The number of hydrogen-bond acceptors (Lipinski definition) is 4. The Morgan fingerprint density at radius 2 is 1.19 bits per heavy atom. The van der Waals surface area contributed by atoms with Gasteiger partial charge >= 0.3 is 0 Å². The van der Waals surface area contributed by atoms with Crippen molar-refractivity contribution in [3.63, 3.8) is 0 Å². The Bertz CT molecular complexity index is 515. The first kappa shape index (κ1) is 9.82. The molecule has 0 fully saturated rings. The van der Waals surface area contributed by atoms with Crippen LogP contribution in [0.15, 0.2) is 36.7 Å². The van der Waals surface area contributed by atoms with Crippen LogP contribution in [-0.2, 0) is 0 Å². The molecule has 2 aromatic rings. The summed E-state index contributed by atoms with van der Waals surface area (Å²) in [5, 5.41) is 17.3. The van der Waals surface area contributed by atoms with Crippen molar-refractivity contribution in [1.29, 1.82) is 10.5 Å². The van der Waals surface area contributed by atoms with Gasteiger partial charge in [0.15, 0.2) is 0 Å². The molecule has 0 saturated carbocycles. The number of hydrogen-bond donors (Lipinski definition) is 0. The van der Waals surface area contributed by atoms with Crippen LogP contribution in [0.4, 0.5) is 0 Å². The quantitative estimate of drug-likeness (QED) is 0.714. The Labute approximate surface area is 92.4 Å². The monoisotopic (exact) mass is 206 g/mol. The minimum atomic E-state index is 0.511. The second-order valence-electron chi connectivity index (χ2n) is 3.09. The maximum Gasteiger partial charge on any atom is 0.101 e. The molecule has 74 valence electrons. The van der Waals surface area contributed by atoms with E-state index in [1.807, 2.05) is 12.1 Å². The summed E-state index contributed by atoms with van der Waals surface area (Å²) in [6, 6.07) is 10.8. The highest BCUT2D eigenvalue weighted by atomic mass is 14.8. The first-order valence-electron chi connectivity index (χ1n) is 4.56. The van der Waals surface area contributed by atoms with Crippen LogP contribution in [0, 0.1) is 22.7 Å². The van der Waals surface area contributed by atoms with E-state index < -0.39 is 0 Å². The molecule has 4 heteroatoms. The van der Waals surface area contributed by atoms with Gasteiger partial charge in [0.25, 0.3) is 0 Å². The third-order valence-electron chi connectivity index (χ3n) is 2.05. The number of aromatic nitrogens is 2. The molecular weight excluding hydrogens is 200 g/mol. The van der Waals surface area contributed by atoms with Gasteiger partial charge in [0.1, 0.15) is 12.1 Å². The highest BCUT2D eigenvalue weighted by molar-refractivity contribution is 5.55. The zero-order chi connectivity index (χ0) is 11.4. The first-order chi connectivity index (χ1) is 7.83. The van der Waals surface area contributed by atoms with Crippen molar-refractivity contribution in [1.82, 2.24) is 9.97 Å². The molecule has 0 N–H and O–H groups in total. The van der Waals surface area contributed by atoms with Crippen LogP contribution in [0.3, 0.4) is 0 Å². The molecule has 16 heavy (non-hydrogen) atoms. The number of nitriles is 2. The van der Waals surface area contributed by atoms with Crippen LogP contribution in [0.1, 0.15) is 11.1 Å². The number of rotatable bonds is 1. The van der Waals surface area contributed by atoms with E-state index in [9.17, 15) is 0 Å². The van der Waals surface area contributed by atoms with Gasteiger partial charge in [0.05, 0.1) is 22.5 Å². The Morgan fingerprint density at radius 3 is 1.44 bits per heavy atom. The van der Waals surface area contributed by atoms with Crippen molar-refractivity contribution in [2.24, 2.45) is 0 Å². The summed E-state index contributed by atoms with van der Waals surface area (Å²) < 4.78 is 0. The van der Waals surface area contributed by atoms with Gasteiger partial charge in [-0.25, -0.2) is 0 Å². The SMILES string of the molecule is N#Cc1ccc(-c2ccc(C#N)cn2)nc1. The second-order valence-corrected chi connectivity index (χ2v) is 3.09. The van der Waals surface area contributed by atoms with Gasteiger partial charge < -0.3 is 0 Å². The molecule has 0 aliphatic carbocycles. The van der Waals surface area contributed by atoms with E-state index in [0.29, 0.717) is 22.5 Å². The van der Waals surface area contributed by atoms with Gasteiger partial charge in [-0.3, -0.25) is 9.97 Å². The van der Waals surface area contributed by atoms with Crippen molar-refractivity contribution < 1.29 is 0 Å². The van der Waals surface area contributed by atoms with Gasteiger partial charge in [0.2, 0.25) is 0 Å². The van der Waals surface area contributed by atoms with Gasteiger partial charge in [-0.15, -0.1) is 0 Å². The van der Waals surface area contributed by atoms with E-state index in [4.69, 9.17) is 10.5 Å². The second kappa shape index (κ2) is 4.20. The zero-order valence-electron chi connectivity index (χ0n) is 8.25. The van der Waals surface area contributed by atoms with E-state index in [1.54, 1.807) is 24.3 Å². The minimum absolute atomic E-state index is 0.511. The van der Waals surface area contributed by atoms with Crippen LogP contribution in [0.25, 0.3) is 11.4 Å². The van der Waals surface area contributed by atoms with Crippen LogP contribution < -0.4 is 0 Å². The molecule has 0 spiro atoms. The third-order valence-corrected chi connectivity index (χ3v) is 2.05. The molecule has 2 rings (SSSR count). The maximum absolute atomic E-state index is 8.63. The molecule has 0 aliphatic rings. The average Bonchev–Trinajstić information content (AvgIpc) is 2.39. The maximum atomic E-state index is 8.63. The molecule has 0 atom stereocenters. The summed E-state index contributed by atoms with van der Waals surface area (Å²) in [5.41, 5.74) is 2.39. The molecule has 0 aromatic carbocycles. The van der Waals surface area contributed by atoms with Gasteiger partial charge in [0, 0.05) is 12.4 Å². The van der Waals surface area contributed by atoms with Crippen molar-refractivity contribution >= 4 is 0 Å². The molecule has 0 unspecified atom stereocenters. The van der Waals surface area contributed by atoms with Gasteiger partial charge in [-0.05, 0) is 24.3 Å². The van der Waals surface area contributed by atoms with E-state index in [-0.39, 0.29) is 0 Å². The summed E-state index contributed by atoms with van der Waals surface area (Å²) >= 11 is 0. The minimum Gasteiger partial charge on any atom is -0.253 e. The van der Waals surface area contributed by atoms with E-state index in [1.165, 1.54) is 12.4 Å². The number of pyridine rings is 2. The van der Waals surface area contributed by atoms with Crippen molar-refractivity contribution in [3.8, 4) is 23.5 Å². The highest BCUT2D eigenvalue weighted by Gasteiger charge is 2.01. The van der Waals surface area contributed by atoms with E-state index in [2.05, 4.69) is 9.97 Å². The molecule has 0 radical (unpaired) electrons. The summed E-state index contributed by atoms with van der Waals surface area (Å²) in [5.74, 6) is 0. The molecule has 0 bridgehead atoms.